The average molecular weight is 411 g/mol. The Labute approximate surface area is 160 Å². The Bertz CT molecular complexity index is 934. The second kappa shape index (κ2) is 8.84. The first-order chi connectivity index (χ1) is 12.7. The lowest BCUT2D eigenvalue weighted by Gasteiger charge is -2.17. The summed E-state index contributed by atoms with van der Waals surface area (Å²) in [5.74, 6) is -0.367. The Morgan fingerprint density at radius 1 is 1.30 bits per heavy atom. The maximum atomic E-state index is 12.1. The molecular formula is C16H17N3O6S2. The number of thioether (sulfide) groups is 1. The van der Waals surface area contributed by atoms with Crippen LogP contribution < -0.4 is 10.5 Å². The third-order valence-electron chi connectivity index (χ3n) is 3.47. The molecule has 0 bridgehead atoms. The van der Waals surface area contributed by atoms with Crippen molar-refractivity contribution in [3.63, 3.8) is 0 Å². The van der Waals surface area contributed by atoms with E-state index in [4.69, 9.17) is 9.88 Å². The Kier molecular flexibility index (Phi) is 6.77. The number of rotatable bonds is 8. The van der Waals surface area contributed by atoms with E-state index >= 15 is 0 Å². The number of ether oxygens (including phenoxy) is 1. The van der Waals surface area contributed by atoms with Crippen molar-refractivity contribution in [3.05, 3.63) is 58.6 Å². The number of primary sulfonamides is 1. The van der Waals surface area contributed by atoms with E-state index in [0.717, 1.165) is 17.0 Å². The third-order valence-corrected chi connectivity index (χ3v) is 5.49. The molecule has 2 aromatic carbocycles. The zero-order valence-electron chi connectivity index (χ0n) is 14.2. The van der Waals surface area contributed by atoms with Gasteiger partial charge < -0.3 is 10.1 Å². The van der Waals surface area contributed by atoms with Gasteiger partial charge in [0.05, 0.1) is 16.9 Å². The number of esters is 1. The summed E-state index contributed by atoms with van der Waals surface area (Å²) in [5.41, 5.74) is -0.531. The van der Waals surface area contributed by atoms with Gasteiger partial charge in [-0.05, 0) is 24.3 Å². The quantitative estimate of drug-likeness (QED) is 0.291. The maximum absolute atomic E-state index is 12.1. The van der Waals surface area contributed by atoms with Crippen LogP contribution in [0.3, 0.4) is 0 Å². The highest BCUT2D eigenvalue weighted by Crippen LogP contribution is 2.29. The minimum absolute atomic E-state index is 0.0172. The van der Waals surface area contributed by atoms with Crippen molar-refractivity contribution in [2.24, 2.45) is 5.14 Å². The van der Waals surface area contributed by atoms with Gasteiger partial charge in [0.1, 0.15) is 11.7 Å². The summed E-state index contributed by atoms with van der Waals surface area (Å²) in [6.07, 6.45) is 0. The molecule has 0 fully saturated rings. The maximum Gasteiger partial charge on any atom is 0.329 e. The molecule has 27 heavy (non-hydrogen) atoms. The largest absolute Gasteiger partial charge is 0.467 e. The van der Waals surface area contributed by atoms with Gasteiger partial charge in [0, 0.05) is 16.7 Å². The van der Waals surface area contributed by atoms with Gasteiger partial charge in [-0.1, -0.05) is 18.2 Å². The number of nitrogens with two attached hydrogens (primary N) is 1. The Hall–Kier alpha value is -2.63. The number of nitro benzene ring substituents is 1. The fourth-order valence-corrected chi connectivity index (χ4v) is 3.62. The molecule has 2 aromatic rings. The number of carbonyl (C=O) groups excluding carboxylic acids is 1. The molecule has 11 heteroatoms. The molecule has 9 nitrogen and oxygen atoms in total. The summed E-state index contributed by atoms with van der Waals surface area (Å²) in [7, 11) is -2.89. The summed E-state index contributed by atoms with van der Waals surface area (Å²) in [6.45, 7) is 0. The van der Waals surface area contributed by atoms with Crippen molar-refractivity contribution in [2.75, 3.05) is 18.2 Å². The minimum Gasteiger partial charge on any atom is -0.467 e. The molecule has 3 N–H and O–H groups in total. The van der Waals surface area contributed by atoms with Crippen LogP contribution in [0.2, 0.25) is 0 Å². The standard InChI is InChI=1S/C16H17N3O6S2/c1-25-16(20)14(10-26-11-5-3-2-4-6-11)18-13-8-7-12(27(17,23)24)9-15(13)19(21)22/h2-9,14,18H,10H2,1H3,(H2,17,23,24). The summed E-state index contributed by atoms with van der Waals surface area (Å²) in [5, 5.41) is 19.1. The monoisotopic (exact) mass is 411 g/mol. The van der Waals surface area contributed by atoms with Crippen LogP contribution in [-0.2, 0) is 19.6 Å². The first-order valence-electron chi connectivity index (χ1n) is 7.56. The predicted molar refractivity (Wildman–Crippen MR) is 101 cm³/mol. The summed E-state index contributed by atoms with van der Waals surface area (Å²) in [4.78, 5) is 23.1. The molecule has 1 atom stereocenters. The lowest BCUT2D eigenvalue weighted by Crippen LogP contribution is -2.33. The van der Waals surface area contributed by atoms with Gasteiger partial charge >= 0.3 is 5.97 Å². The SMILES string of the molecule is COC(=O)C(CSc1ccccc1)Nc1ccc(S(N)(=O)=O)cc1[N+](=O)[O-]. The minimum atomic E-state index is -4.10. The predicted octanol–water partition coefficient (Wildman–Crippen LogP) is 1.99. The van der Waals surface area contributed by atoms with Gasteiger partial charge in [0.15, 0.2) is 0 Å². The highest BCUT2D eigenvalue weighted by molar-refractivity contribution is 7.99. The lowest BCUT2D eigenvalue weighted by atomic mass is 10.2. The zero-order chi connectivity index (χ0) is 20.0. The van der Waals surface area contributed by atoms with Gasteiger partial charge in [-0.25, -0.2) is 18.4 Å². The van der Waals surface area contributed by atoms with Gasteiger partial charge in [-0.2, -0.15) is 0 Å². The van der Waals surface area contributed by atoms with Crippen molar-refractivity contribution in [2.45, 2.75) is 15.8 Å². The molecule has 0 amide bonds. The number of hydrogen-bond donors (Lipinski definition) is 2. The van der Waals surface area contributed by atoms with Gasteiger partial charge in [0.2, 0.25) is 10.0 Å². The second-order valence-corrected chi connectivity index (χ2v) is 7.98. The summed E-state index contributed by atoms with van der Waals surface area (Å²) in [6, 6.07) is 11.6. The van der Waals surface area contributed by atoms with Crippen LogP contribution in [0.25, 0.3) is 0 Å². The van der Waals surface area contributed by atoms with E-state index in [9.17, 15) is 23.3 Å². The van der Waals surface area contributed by atoms with Crippen molar-refractivity contribution < 1.29 is 22.9 Å². The van der Waals surface area contributed by atoms with Gasteiger partial charge in [-0.15, -0.1) is 11.8 Å². The van der Waals surface area contributed by atoms with E-state index in [0.29, 0.717) is 0 Å². The van der Waals surface area contributed by atoms with Crippen molar-refractivity contribution >= 4 is 39.1 Å². The number of sulfonamides is 1. The van der Waals surface area contributed by atoms with Crippen LogP contribution in [0, 0.1) is 10.1 Å². The number of hydrogen-bond acceptors (Lipinski definition) is 8. The molecular weight excluding hydrogens is 394 g/mol. The molecule has 0 heterocycles. The number of benzene rings is 2. The normalized spacial score (nSPS) is 12.2. The summed E-state index contributed by atoms with van der Waals surface area (Å²) < 4.78 is 27.6. The Morgan fingerprint density at radius 3 is 2.52 bits per heavy atom. The molecule has 0 saturated heterocycles. The lowest BCUT2D eigenvalue weighted by molar-refractivity contribution is -0.384. The van der Waals surface area contributed by atoms with Crippen LogP contribution in [-0.4, -0.2) is 38.2 Å². The molecule has 0 saturated carbocycles. The number of methoxy groups -OCH3 is 1. The van der Waals surface area contributed by atoms with Crippen molar-refractivity contribution in [1.29, 1.82) is 0 Å². The number of anilines is 1. The third kappa shape index (κ3) is 5.67. The number of nitro groups is 1. The first-order valence-corrected chi connectivity index (χ1v) is 10.1. The fourth-order valence-electron chi connectivity index (χ4n) is 2.16. The topological polar surface area (TPSA) is 142 Å². The van der Waals surface area contributed by atoms with E-state index in [1.165, 1.54) is 24.9 Å². The molecule has 0 aliphatic carbocycles. The molecule has 0 spiro atoms. The molecule has 0 aliphatic rings. The Balaban J connectivity index is 2.28. The summed E-state index contributed by atoms with van der Waals surface area (Å²) >= 11 is 1.36. The van der Waals surface area contributed by atoms with Crippen LogP contribution in [0.5, 0.6) is 0 Å². The van der Waals surface area contributed by atoms with Crippen LogP contribution in [0.1, 0.15) is 0 Å². The highest BCUT2D eigenvalue weighted by atomic mass is 32.2. The second-order valence-electron chi connectivity index (χ2n) is 5.33. The molecule has 0 aromatic heterocycles. The van der Waals surface area contributed by atoms with Crippen LogP contribution in [0.4, 0.5) is 11.4 Å². The van der Waals surface area contributed by atoms with Crippen LogP contribution >= 0.6 is 11.8 Å². The van der Waals surface area contributed by atoms with E-state index in [1.807, 2.05) is 30.3 Å². The van der Waals surface area contributed by atoms with E-state index in [2.05, 4.69) is 5.32 Å². The van der Waals surface area contributed by atoms with Crippen LogP contribution in [0.15, 0.2) is 58.3 Å². The van der Waals surface area contributed by atoms with E-state index in [-0.39, 0.29) is 11.4 Å². The van der Waals surface area contributed by atoms with E-state index in [1.54, 1.807) is 0 Å². The van der Waals surface area contributed by atoms with E-state index < -0.39 is 37.5 Å². The molecule has 0 radical (unpaired) electrons. The molecule has 2 rings (SSSR count). The number of nitrogens with one attached hydrogen (secondary N) is 1. The fraction of sp³-hybridized carbons (Fsp3) is 0.188. The highest BCUT2D eigenvalue weighted by Gasteiger charge is 2.25. The Morgan fingerprint density at radius 2 is 1.96 bits per heavy atom. The number of carbonyl (C=O) groups is 1. The van der Waals surface area contributed by atoms with Crippen molar-refractivity contribution in [3.8, 4) is 0 Å². The molecule has 1 unspecified atom stereocenters. The molecule has 144 valence electrons. The zero-order valence-corrected chi connectivity index (χ0v) is 15.8. The van der Waals surface area contributed by atoms with Crippen molar-refractivity contribution in [1.82, 2.24) is 0 Å². The van der Waals surface area contributed by atoms with Gasteiger partial charge in [-0.3, -0.25) is 10.1 Å². The van der Waals surface area contributed by atoms with Gasteiger partial charge in [0.25, 0.3) is 5.69 Å². The smallest absolute Gasteiger partial charge is 0.329 e. The first kappa shape index (κ1) is 20.7. The number of nitrogens with zero attached hydrogens (tertiary/aromatic N) is 1. The molecule has 0 aliphatic heterocycles. The average Bonchev–Trinajstić information content (AvgIpc) is 2.64.